The molecule has 1 aromatic carbocycles. The summed E-state index contributed by atoms with van der Waals surface area (Å²) in [7, 11) is 0. The number of para-hydroxylation sites is 1. The van der Waals surface area contributed by atoms with Gasteiger partial charge >= 0.3 is 0 Å². The first-order valence-corrected chi connectivity index (χ1v) is 11.3. The molecule has 3 rings (SSSR count). The van der Waals surface area contributed by atoms with Crippen molar-refractivity contribution in [1.82, 2.24) is 14.4 Å². The van der Waals surface area contributed by atoms with Gasteiger partial charge < -0.3 is 19.1 Å². The molecule has 29 heavy (non-hydrogen) atoms. The van der Waals surface area contributed by atoms with E-state index in [2.05, 4.69) is 6.07 Å². The Hall–Kier alpha value is -1.99. The third-order valence-electron chi connectivity index (χ3n) is 5.30. The minimum atomic E-state index is 0.0568. The average Bonchev–Trinajstić information content (AvgIpc) is 3.04. The normalized spacial score (nSPS) is 19.5. The summed E-state index contributed by atoms with van der Waals surface area (Å²) in [4.78, 5) is 30.1. The smallest absolute Gasteiger partial charge is 0.242 e. The minimum absolute atomic E-state index is 0.0568. The minimum Gasteiger partial charge on any atom is -0.372 e. The van der Waals surface area contributed by atoms with Crippen molar-refractivity contribution in [2.45, 2.75) is 51.3 Å². The molecule has 2 heterocycles. The van der Waals surface area contributed by atoms with Crippen LogP contribution in [0.4, 0.5) is 0 Å². The Bertz CT molecular complexity index is 852. The van der Waals surface area contributed by atoms with Gasteiger partial charge in [0.2, 0.25) is 11.8 Å². The molecule has 0 N–H and O–H groups in total. The van der Waals surface area contributed by atoms with Crippen LogP contribution >= 0.6 is 11.8 Å². The second kappa shape index (κ2) is 9.67. The van der Waals surface area contributed by atoms with E-state index < -0.39 is 0 Å². The maximum atomic E-state index is 12.9. The summed E-state index contributed by atoms with van der Waals surface area (Å²) in [6.07, 6.45) is 2.12. The van der Waals surface area contributed by atoms with E-state index in [-0.39, 0.29) is 24.0 Å². The SMILES string of the molecule is CCN(CC)C(=O)CSc1cn(CC(=O)N2C[C@@H](C)O[C@@H](C)C2)c2ccccc12. The highest BCUT2D eigenvalue weighted by atomic mass is 32.2. The number of rotatable bonds is 7. The fourth-order valence-corrected chi connectivity index (χ4v) is 4.88. The monoisotopic (exact) mass is 417 g/mol. The van der Waals surface area contributed by atoms with E-state index in [1.165, 1.54) is 0 Å². The van der Waals surface area contributed by atoms with Gasteiger partial charge in [0.05, 0.1) is 18.0 Å². The largest absolute Gasteiger partial charge is 0.372 e. The second-order valence-corrected chi connectivity index (χ2v) is 8.57. The summed E-state index contributed by atoms with van der Waals surface area (Å²) < 4.78 is 7.75. The van der Waals surface area contributed by atoms with Crippen LogP contribution in [0.15, 0.2) is 35.4 Å². The van der Waals surface area contributed by atoms with E-state index >= 15 is 0 Å². The third-order valence-corrected chi connectivity index (χ3v) is 6.32. The van der Waals surface area contributed by atoms with Gasteiger partial charge in [0.25, 0.3) is 0 Å². The number of nitrogens with zero attached hydrogens (tertiary/aromatic N) is 3. The van der Waals surface area contributed by atoms with Gasteiger partial charge in [-0.25, -0.2) is 0 Å². The third kappa shape index (κ3) is 5.14. The molecule has 1 aliphatic rings. The van der Waals surface area contributed by atoms with Crippen LogP contribution in [-0.2, 0) is 20.9 Å². The first-order valence-electron chi connectivity index (χ1n) is 10.3. The molecule has 1 fully saturated rings. The molecule has 2 aromatic rings. The highest BCUT2D eigenvalue weighted by Gasteiger charge is 2.26. The molecule has 0 saturated carbocycles. The lowest BCUT2D eigenvalue weighted by Crippen LogP contribution is -2.49. The Morgan fingerprint density at radius 3 is 2.45 bits per heavy atom. The number of hydrogen-bond donors (Lipinski definition) is 0. The second-order valence-electron chi connectivity index (χ2n) is 7.55. The first-order chi connectivity index (χ1) is 13.9. The van der Waals surface area contributed by atoms with Gasteiger partial charge in [-0.05, 0) is 33.8 Å². The highest BCUT2D eigenvalue weighted by molar-refractivity contribution is 8.00. The number of thioether (sulfide) groups is 1. The van der Waals surface area contributed by atoms with Crippen LogP contribution in [0.1, 0.15) is 27.7 Å². The van der Waals surface area contributed by atoms with Crippen molar-refractivity contribution in [3.05, 3.63) is 30.5 Å². The molecule has 1 aliphatic heterocycles. The molecule has 1 saturated heterocycles. The van der Waals surface area contributed by atoms with E-state index in [9.17, 15) is 9.59 Å². The van der Waals surface area contributed by atoms with E-state index in [4.69, 9.17) is 4.74 Å². The van der Waals surface area contributed by atoms with Gasteiger partial charge in [0.1, 0.15) is 6.54 Å². The molecule has 0 unspecified atom stereocenters. The lowest BCUT2D eigenvalue weighted by molar-refractivity contribution is -0.143. The molecule has 0 bridgehead atoms. The number of hydrogen-bond acceptors (Lipinski definition) is 4. The Labute approximate surface area is 177 Å². The standard InChI is InChI=1S/C22H31N3O3S/c1-5-23(6-2)22(27)15-29-20-13-24(19-10-8-7-9-18(19)20)14-21(26)25-11-16(3)28-17(4)12-25/h7-10,13,16-17H,5-6,11-12,14-15H2,1-4H3/t16-,17+. The van der Waals surface area contributed by atoms with Crippen molar-refractivity contribution in [2.75, 3.05) is 31.9 Å². The molecule has 0 aliphatic carbocycles. The predicted octanol–water partition coefficient (Wildman–Crippen LogP) is 3.24. The van der Waals surface area contributed by atoms with Crippen molar-refractivity contribution in [3.8, 4) is 0 Å². The molecule has 2 atom stereocenters. The van der Waals surface area contributed by atoms with Crippen LogP contribution in [0.2, 0.25) is 0 Å². The summed E-state index contributed by atoms with van der Waals surface area (Å²) in [6.45, 7) is 11.0. The predicted molar refractivity (Wildman–Crippen MR) is 117 cm³/mol. The van der Waals surface area contributed by atoms with Gasteiger partial charge in [0.15, 0.2) is 0 Å². The van der Waals surface area contributed by atoms with E-state index in [1.807, 2.05) is 66.5 Å². The lowest BCUT2D eigenvalue weighted by atomic mass is 10.2. The highest BCUT2D eigenvalue weighted by Crippen LogP contribution is 2.30. The molecule has 0 spiro atoms. The van der Waals surface area contributed by atoms with Gasteiger partial charge in [-0.1, -0.05) is 18.2 Å². The zero-order valence-corrected chi connectivity index (χ0v) is 18.6. The van der Waals surface area contributed by atoms with Gasteiger partial charge in [-0.2, -0.15) is 0 Å². The van der Waals surface area contributed by atoms with Crippen LogP contribution in [0, 0.1) is 0 Å². The summed E-state index contributed by atoms with van der Waals surface area (Å²) in [5, 5.41) is 1.08. The molecule has 1 aromatic heterocycles. The van der Waals surface area contributed by atoms with Gasteiger partial charge in [0, 0.05) is 48.2 Å². The van der Waals surface area contributed by atoms with Gasteiger partial charge in [-0.3, -0.25) is 9.59 Å². The van der Waals surface area contributed by atoms with Crippen LogP contribution in [0.25, 0.3) is 10.9 Å². The van der Waals surface area contributed by atoms with Crippen molar-refractivity contribution >= 4 is 34.5 Å². The Morgan fingerprint density at radius 2 is 1.79 bits per heavy atom. The van der Waals surface area contributed by atoms with E-state index in [1.54, 1.807) is 11.8 Å². The maximum absolute atomic E-state index is 12.9. The molecule has 7 heteroatoms. The Morgan fingerprint density at radius 1 is 1.14 bits per heavy atom. The zero-order chi connectivity index (χ0) is 21.0. The fraction of sp³-hybridized carbons (Fsp3) is 0.545. The summed E-state index contributed by atoms with van der Waals surface area (Å²) >= 11 is 1.54. The number of carbonyl (C=O) groups is 2. The van der Waals surface area contributed by atoms with Crippen molar-refractivity contribution in [3.63, 3.8) is 0 Å². The quantitative estimate of drug-likeness (QED) is 0.649. The summed E-state index contributed by atoms with van der Waals surface area (Å²) in [5.74, 6) is 0.648. The Kier molecular flexibility index (Phi) is 7.24. The lowest BCUT2D eigenvalue weighted by Gasteiger charge is -2.35. The summed E-state index contributed by atoms with van der Waals surface area (Å²) in [5.41, 5.74) is 1.02. The number of morpholine rings is 1. The molecular weight excluding hydrogens is 386 g/mol. The average molecular weight is 418 g/mol. The number of benzene rings is 1. The number of fused-ring (bicyclic) bond motifs is 1. The van der Waals surface area contributed by atoms with E-state index in [0.717, 1.165) is 28.9 Å². The number of carbonyl (C=O) groups excluding carboxylic acids is 2. The van der Waals surface area contributed by atoms with Crippen LogP contribution < -0.4 is 0 Å². The van der Waals surface area contributed by atoms with E-state index in [0.29, 0.717) is 25.4 Å². The Balaban J connectivity index is 1.75. The maximum Gasteiger partial charge on any atom is 0.242 e. The van der Waals surface area contributed by atoms with Crippen molar-refractivity contribution in [2.24, 2.45) is 0 Å². The molecule has 2 amide bonds. The fourth-order valence-electron chi connectivity index (χ4n) is 3.89. The molecule has 0 radical (unpaired) electrons. The molecular formula is C22H31N3O3S. The number of aromatic nitrogens is 1. The van der Waals surface area contributed by atoms with Gasteiger partial charge in [-0.15, -0.1) is 11.8 Å². The van der Waals surface area contributed by atoms with Crippen LogP contribution in [-0.4, -0.2) is 70.3 Å². The summed E-state index contributed by atoms with van der Waals surface area (Å²) in [6, 6.07) is 8.07. The number of amides is 2. The molecule has 158 valence electrons. The molecule has 6 nitrogen and oxygen atoms in total. The van der Waals surface area contributed by atoms with Crippen LogP contribution in [0.3, 0.4) is 0 Å². The first kappa shape index (κ1) is 21.7. The topological polar surface area (TPSA) is 54.8 Å². The number of ether oxygens (including phenoxy) is 1. The van der Waals surface area contributed by atoms with Crippen molar-refractivity contribution < 1.29 is 14.3 Å². The van der Waals surface area contributed by atoms with Crippen molar-refractivity contribution in [1.29, 1.82) is 0 Å². The zero-order valence-electron chi connectivity index (χ0n) is 17.8. The van der Waals surface area contributed by atoms with Crippen LogP contribution in [0.5, 0.6) is 0 Å².